The lowest BCUT2D eigenvalue weighted by Gasteiger charge is -2.20. The zero-order valence-corrected chi connectivity index (χ0v) is 13.4. The van der Waals surface area contributed by atoms with Crippen LogP contribution in [0.4, 0.5) is 5.13 Å². The van der Waals surface area contributed by atoms with Crippen molar-refractivity contribution in [1.29, 1.82) is 0 Å². The molecule has 0 aromatic carbocycles. The van der Waals surface area contributed by atoms with Gasteiger partial charge >= 0.3 is 0 Å². The Morgan fingerprint density at radius 1 is 1.58 bits per heavy atom. The highest BCUT2D eigenvalue weighted by Crippen LogP contribution is 2.29. The lowest BCUT2D eigenvalue weighted by atomic mass is 10.3. The lowest BCUT2D eigenvalue weighted by Crippen LogP contribution is -2.36. The first kappa shape index (κ1) is 14.8. The van der Waals surface area contributed by atoms with Gasteiger partial charge in [-0.15, -0.1) is 10.2 Å². The van der Waals surface area contributed by atoms with Crippen molar-refractivity contribution in [2.24, 2.45) is 0 Å². The molecule has 1 aliphatic heterocycles. The minimum absolute atomic E-state index is 0.0434. The Kier molecular flexibility index (Phi) is 4.54. The van der Waals surface area contributed by atoms with Crippen LogP contribution in [0.5, 0.6) is 0 Å². The molecule has 106 valence electrons. The number of rotatable bonds is 4. The van der Waals surface area contributed by atoms with Crippen molar-refractivity contribution in [3.05, 3.63) is 0 Å². The van der Waals surface area contributed by atoms with Crippen LogP contribution in [-0.2, 0) is 14.8 Å². The highest BCUT2D eigenvalue weighted by molar-refractivity contribution is 9.09. The third-order valence-corrected chi connectivity index (χ3v) is 6.60. The Labute approximate surface area is 123 Å². The number of halogens is 1. The normalized spacial score (nSPS) is 20.6. The van der Waals surface area contributed by atoms with Crippen molar-refractivity contribution < 1.29 is 13.2 Å². The number of anilines is 1. The largest absolute Gasteiger partial charge is 0.301 e. The molecule has 1 aromatic heterocycles. The van der Waals surface area contributed by atoms with Crippen LogP contribution in [0.25, 0.3) is 0 Å². The highest BCUT2D eigenvalue weighted by atomic mass is 79.9. The van der Waals surface area contributed by atoms with Crippen molar-refractivity contribution >= 4 is 48.3 Å². The number of sulfonamides is 1. The number of nitrogens with zero attached hydrogens (tertiary/aromatic N) is 3. The molecule has 10 heteroatoms. The van der Waals surface area contributed by atoms with Crippen LogP contribution in [0.2, 0.25) is 0 Å². The number of alkyl halides is 1. The Balaban J connectivity index is 2.24. The monoisotopic (exact) mass is 368 g/mol. The molecule has 0 bridgehead atoms. The van der Waals surface area contributed by atoms with E-state index in [2.05, 4.69) is 31.4 Å². The first-order valence-corrected chi connectivity index (χ1v) is 9.02. The van der Waals surface area contributed by atoms with Gasteiger partial charge in [0, 0.05) is 24.8 Å². The third-order valence-electron chi connectivity index (χ3n) is 2.72. The highest BCUT2D eigenvalue weighted by Gasteiger charge is 2.36. The summed E-state index contributed by atoms with van der Waals surface area (Å²) >= 11 is 4.19. The van der Waals surface area contributed by atoms with Crippen LogP contribution in [0.1, 0.15) is 19.8 Å². The van der Waals surface area contributed by atoms with Crippen molar-refractivity contribution in [1.82, 2.24) is 14.5 Å². The first-order valence-electron chi connectivity index (χ1n) is 5.64. The summed E-state index contributed by atoms with van der Waals surface area (Å²) in [5.41, 5.74) is 0. The summed E-state index contributed by atoms with van der Waals surface area (Å²) in [5.74, 6) is -0.306. The van der Waals surface area contributed by atoms with Gasteiger partial charge in [0.25, 0.3) is 10.0 Å². The molecule has 0 saturated carbocycles. The van der Waals surface area contributed by atoms with E-state index in [0.717, 1.165) is 24.2 Å². The van der Waals surface area contributed by atoms with Crippen molar-refractivity contribution in [3.8, 4) is 0 Å². The molecule has 1 amide bonds. The standard InChI is InChI=1S/C9H13BrN4O3S2/c1-6(15)11-8-12-13-9(18-8)19(16,17)14-4-2-3-7(14)5-10/h7H,2-5H2,1H3,(H,11,12,15). The number of hydrogen-bond acceptors (Lipinski definition) is 6. The maximum Gasteiger partial charge on any atom is 0.272 e. The quantitative estimate of drug-likeness (QED) is 0.633. The summed E-state index contributed by atoms with van der Waals surface area (Å²) in [6, 6.07) is -0.0434. The zero-order valence-electron chi connectivity index (χ0n) is 10.2. The summed E-state index contributed by atoms with van der Waals surface area (Å²) in [6.45, 7) is 1.82. The van der Waals surface area contributed by atoms with E-state index >= 15 is 0 Å². The van der Waals surface area contributed by atoms with E-state index in [1.807, 2.05) is 0 Å². The molecule has 0 spiro atoms. The number of nitrogens with one attached hydrogen (secondary N) is 1. The summed E-state index contributed by atoms with van der Waals surface area (Å²) in [4.78, 5) is 10.9. The van der Waals surface area contributed by atoms with Gasteiger partial charge in [0.1, 0.15) is 0 Å². The average molecular weight is 369 g/mol. The Morgan fingerprint density at radius 3 is 2.95 bits per heavy atom. The van der Waals surface area contributed by atoms with Crippen LogP contribution >= 0.6 is 27.3 Å². The van der Waals surface area contributed by atoms with Crippen molar-refractivity contribution in [3.63, 3.8) is 0 Å². The molecule has 2 rings (SSSR count). The van der Waals surface area contributed by atoms with Gasteiger partial charge in [-0.3, -0.25) is 4.79 Å². The number of carbonyl (C=O) groups is 1. The SMILES string of the molecule is CC(=O)Nc1nnc(S(=O)(=O)N2CCCC2CBr)s1. The molecule has 7 nitrogen and oxygen atoms in total. The fraction of sp³-hybridized carbons (Fsp3) is 0.667. The molecule has 1 aliphatic rings. The van der Waals surface area contributed by atoms with Crippen LogP contribution < -0.4 is 5.32 Å². The second kappa shape index (κ2) is 5.81. The van der Waals surface area contributed by atoms with Crippen LogP contribution in [0.3, 0.4) is 0 Å². The van der Waals surface area contributed by atoms with Crippen molar-refractivity contribution in [2.45, 2.75) is 30.1 Å². The van der Waals surface area contributed by atoms with Crippen LogP contribution in [0, 0.1) is 0 Å². The van der Waals surface area contributed by atoms with E-state index in [-0.39, 0.29) is 21.4 Å². The zero-order chi connectivity index (χ0) is 14.0. The molecule has 1 unspecified atom stereocenters. The summed E-state index contributed by atoms with van der Waals surface area (Å²) in [7, 11) is -3.62. The van der Waals surface area contributed by atoms with E-state index in [9.17, 15) is 13.2 Å². The molecule has 1 atom stereocenters. The predicted octanol–water partition coefficient (Wildman–Crippen LogP) is 1.04. The van der Waals surface area contributed by atoms with E-state index in [1.165, 1.54) is 11.2 Å². The van der Waals surface area contributed by atoms with Gasteiger partial charge in [0.2, 0.25) is 15.4 Å². The number of carbonyl (C=O) groups excluding carboxylic acids is 1. The van der Waals surface area contributed by atoms with E-state index < -0.39 is 10.0 Å². The Bertz CT molecular complexity index is 574. The van der Waals surface area contributed by atoms with Gasteiger partial charge in [-0.2, -0.15) is 4.31 Å². The van der Waals surface area contributed by atoms with E-state index in [4.69, 9.17) is 0 Å². The average Bonchev–Trinajstić information content (AvgIpc) is 2.95. The lowest BCUT2D eigenvalue weighted by molar-refractivity contribution is -0.114. The van der Waals surface area contributed by atoms with Gasteiger partial charge in [-0.05, 0) is 12.8 Å². The third kappa shape index (κ3) is 3.12. The van der Waals surface area contributed by atoms with Gasteiger partial charge in [-0.25, -0.2) is 8.42 Å². The van der Waals surface area contributed by atoms with Crippen molar-refractivity contribution in [2.75, 3.05) is 17.2 Å². The maximum absolute atomic E-state index is 12.4. The number of amides is 1. The molecule has 1 N–H and O–H groups in total. The number of aromatic nitrogens is 2. The first-order chi connectivity index (χ1) is 8.95. The second-order valence-corrected chi connectivity index (χ2v) is 7.81. The van der Waals surface area contributed by atoms with E-state index in [0.29, 0.717) is 11.9 Å². The minimum Gasteiger partial charge on any atom is -0.301 e. The molecule has 1 fully saturated rings. The van der Waals surface area contributed by atoms with Gasteiger partial charge < -0.3 is 5.32 Å². The van der Waals surface area contributed by atoms with Gasteiger partial charge in [0.15, 0.2) is 0 Å². The second-order valence-electron chi connectivity index (χ2n) is 4.12. The maximum atomic E-state index is 12.4. The summed E-state index contributed by atoms with van der Waals surface area (Å²) in [5, 5.41) is 10.5. The van der Waals surface area contributed by atoms with Crippen LogP contribution in [-0.4, -0.2) is 46.7 Å². The Hall–Kier alpha value is -0.580. The minimum atomic E-state index is -3.62. The van der Waals surface area contributed by atoms with Gasteiger partial charge in [-0.1, -0.05) is 27.3 Å². The predicted molar refractivity (Wildman–Crippen MR) is 74.9 cm³/mol. The van der Waals surface area contributed by atoms with Gasteiger partial charge in [0.05, 0.1) is 0 Å². The van der Waals surface area contributed by atoms with E-state index in [1.54, 1.807) is 0 Å². The smallest absolute Gasteiger partial charge is 0.272 e. The summed E-state index contributed by atoms with van der Waals surface area (Å²) in [6.07, 6.45) is 1.68. The summed E-state index contributed by atoms with van der Waals surface area (Å²) < 4.78 is 26.2. The molecule has 0 radical (unpaired) electrons. The molecule has 19 heavy (non-hydrogen) atoms. The fourth-order valence-electron chi connectivity index (χ4n) is 1.90. The fourth-order valence-corrected chi connectivity index (χ4v) is 5.52. The van der Waals surface area contributed by atoms with Crippen LogP contribution in [0.15, 0.2) is 4.34 Å². The molecule has 2 heterocycles. The number of hydrogen-bond donors (Lipinski definition) is 1. The molecule has 1 aromatic rings. The molecular formula is C9H13BrN4O3S2. The molecule has 1 saturated heterocycles. The topological polar surface area (TPSA) is 92.3 Å². The Morgan fingerprint density at radius 2 is 2.32 bits per heavy atom. The molecular weight excluding hydrogens is 356 g/mol. The molecule has 0 aliphatic carbocycles.